The molecule has 4 bridgehead atoms. The lowest BCUT2D eigenvalue weighted by Gasteiger charge is -2.58. The van der Waals surface area contributed by atoms with E-state index in [1.807, 2.05) is 0 Å². The van der Waals surface area contributed by atoms with Gasteiger partial charge in [0, 0.05) is 24.2 Å². The zero-order chi connectivity index (χ0) is 19.6. The minimum Gasteiger partial charge on any atom is -0.390 e. The van der Waals surface area contributed by atoms with Crippen LogP contribution in [0.1, 0.15) is 92.6 Å². The molecule has 6 nitrogen and oxygen atoms in total. The smallest absolute Gasteiger partial charge is 0.254 e. The average Bonchev–Trinajstić information content (AvgIpc) is 3.40. The number of hydrogen-bond acceptors (Lipinski definition) is 5. The molecule has 6 fully saturated rings. The van der Waals surface area contributed by atoms with Gasteiger partial charge in [-0.1, -0.05) is 12.8 Å². The summed E-state index contributed by atoms with van der Waals surface area (Å²) in [6, 6.07) is 0.670. The number of aliphatic hydroxyl groups is 1. The molecule has 0 aliphatic heterocycles. The highest BCUT2D eigenvalue weighted by atomic mass is 16.3. The van der Waals surface area contributed by atoms with E-state index >= 15 is 0 Å². The topological polar surface area (TPSA) is 87.1 Å². The van der Waals surface area contributed by atoms with E-state index in [1.54, 1.807) is 6.20 Å². The van der Waals surface area contributed by atoms with Gasteiger partial charge >= 0.3 is 0 Å². The summed E-state index contributed by atoms with van der Waals surface area (Å²) >= 11 is 0. The summed E-state index contributed by atoms with van der Waals surface area (Å²) < 4.78 is 0. The van der Waals surface area contributed by atoms with Crippen molar-refractivity contribution in [1.82, 2.24) is 15.3 Å². The van der Waals surface area contributed by atoms with Gasteiger partial charge in [0.1, 0.15) is 0 Å². The van der Waals surface area contributed by atoms with Crippen molar-refractivity contribution in [1.29, 1.82) is 0 Å². The number of carbonyl (C=O) groups excluding carboxylic acids is 1. The fourth-order valence-corrected chi connectivity index (χ4v) is 7.01. The number of nitrogens with zero attached hydrogens (tertiary/aromatic N) is 2. The third-order valence-corrected chi connectivity index (χ3v) is 8.25. The molecule has 6 heteroatoms. The van der Waals surface area contributed by atoms with Crippen LogP contribution in [0, 0.1) is 17.8 Å². The monoisotopic (exact) mass is 396 g/mol. The third kappa shape index (κ3) is 3.33. The van der Waals surface area contributed by atoms with Crippen LogP contribution in [0.5, 0.6) is 0 Å². The summed E-state index contributed by atoms with van der Waals surface area (Å²) in [6.07, 6.45) is 13.9. The van der Waals surface area contributed by atoms with Crippen molar-refractivity contribution in [3.8, 4) is 0 Å². The van der Waals surface area contributed by atoms with Crippen molar-refractivity contribution in [2.45, 2.75) is 94.2 Å². The second-order valence-corrected chi connectivity index (χ2v) is 10.6. The predicted octanol–water partition coefficient (Wildman–Crippen LogP) is 3.38. The Labute approximate surface area is 172 Å². The summed E-state index contributed by atoms with van der Waals surface area (Å²) in [6.45, 7) is 0. The van der Waals surface area contributed by atoms with Gasteiger partial charge < -0.3 is 15.7 Å². The van der Waals surface area contributed by atoms with E-state index < -0.39 is 5.60 Å². The number of rotatable bonds is 5. The molecule has 0 saturated heterocycles. The highest BCUT2D eigenvalue weighted by Crippen LogP contribution is 2.55. The molecule has 2 unspecified atom stereocenters. The van der Waals surface area contributed by atoms with Crippen LogP contribution >= 0.6 is 0 Å². The van der Waals surface area contributed by atoms with Crippen LogP contribution in [-0.2, 0) is 0 Å². The molecule has 29 heavy (non-hydrogen) atoms. The van der Waals surface area contributed by atoms with Crippen molar-refractivity contribution in [2.24, 2.45) is 17.8 Å². The average molecular weight is 397 g/mol. The van der Waals surface area contributed by atoms with Crippen LogP contribution in [0.2, 0.25) is 0 Å². The first kappa shape index (κ1) is 18.1. The maximum absolute atomic E-state index is 13.3. The lowest BCUT2D eigenvalue weighted by molar-refractivity contribution is -0.136. The Morgan fingerprint density at radius 1 is 1.07 bits per heavy atom. The van der Waals surface area contributed by atoms with E-state index in [0.29, 0.717) is 41.2 Å². The van der Waals surface area contributed by atoms with E-state index in [1.165, 1.54) is 25.7 Å². The van der Waals surface area contributed by atoms with E-state index in [2.05, 4.69) is 15.6 Å². The second-order valence-electron chi connectivity index (χ2n) is 10.6. The van der Waals surface area contributed by atoms with Crippen molar-refractivity contribution in [2.75, 3.05) is 5.32 Å². The molecule has 6 aliphatic rings. The van der Waals surface area contributed by atoms with Gasteiger partial charge in [-0.2, -0.15) is 0 Å². The molecule has 2 atom stereocenters. The number of carbonyl (C=O) groups is 1. The van der Waals surface area contributed by atoms with Gasteiger partial charge in [0.25, 0.3) is 5.91 Å². The van der Waals surface area contributed by atoms with Crippen LogP contribution < -0.4 is 10.6 Å². The normalized spacial score (nSPS) is 38.4. The fourth-order valence-electron chi connectivity index (χ4n) is 7.01. The largest absolute Gasteiger partial charge is 0.390 e. The molecule has 156 valence electrons. The standard InChI is InChI=1S/C23H32N4O2/c28-21(26-19-15-7-13-8-16(19)11-23(29,9-13)10-15)18-12-24-22(25-17-3-1-2-4-17)27-20(18)14-5-6-14/h12-17,19,29H,1-11H2,(H,26,28)(H,24,25,27). The summed E-state index contributed by atoms with van der Waals surface area (Å²) in [5, 5.41) is 17.6. The number of anilines is 1. The lowest BCUT2D eigenvalue weighted by Crippen LogP contribution is -2.61. The first-order valence-electron chi connectivity index (χ1n) is 11.7. The molecular weight excluding hydrogens is 364 g/mol. The third-order valence-electron chi connectivity index (χ3n) is 8.25. The maximum atomic E-state index is 13.3. The molecule has 6 saturated carbocycles. The molecule has 0 aromatic carbocycles. The van der Waals surface area contributed by atoms with E-state index in [0.717, 1.165) is 50.6 Å². The van der Waals surface area contributed by atoms with E-state index in [9.17, 15) is 9.90 Å². The van der Waals surface area contributed by atoms with E-state index in [-0.39, 0.29) is 11.9 Å². The molecule has 1 aromatic rings. The maximum Gasteiger partial charge on any atom is 0.254 e. The molecule has 1 aromatic heterocycles. The second kappa shape index (κ2) is 6.66. The van der Waals surface area contributed by atoms with Crippen molar-refractivity contribution >= 4 is 11.9 Å². The zero-order valence-electron chi connectivity index (χ0n) is 17.1. The quantitative estimate of drug-likeness (QED) is 0.710. The lowest BCUT2D eigenvalue weighted by atomic mass is 9.52. The van der Waals surface area contributed by atoms with Crippen LogP contribution in [0.3, 0.4) is 0 Å². The predicted molar refractivity (Wildman–Crippen MR) is 110 cm³/mol. The highest BCUT2D eigenvalue weighted by molar-refractivity contribution is 5.95. The number of aromatic nitrogens is 2. The van der Waals surface area contributed by atoms with Gasteiger partial charge in [-0.05, 0) is 75.5 Å². The summed E-state index contributed by atoms with van der Waals surface area (Å²) in [4.78, 5) is 22.5. The zero-order valence-corrected chi connectivity index (χ0v) is 17.1. The van der Waals surface area contributed by atoms with Crippen molar-refractivity contribution in [3.63, 3.8) is 0 Å². The number of hydrogen-bond donors (Lipinski definition) is 3. The van der Waals surface area contributed by atoms with Gasteiger partial charge in [-0.15, -0.1) is 0 Å². The van der Waals surface area contributed by atoms with Gasteiger partial charge in [-0.25, -0.2) is 9.97 Å². The van der Waals surface area contributed by atoms with Crippen molar-refractivity contribution in [3.05, 3.63) is 17.5 Å². The van der Waals surface area contributed by atoms with Crippen molar-refractivity contribution < 1.29 is 9.90 Å². The molecule has 1 amide bonds. The molecule has 7 rings (SSSR count). The van der Waals surface area contributed by atoms with Crippen LogP contribution in [-0.4, -0.2) is 38.7 Å². The highest BCUT2D eigenvalue weighted by Gasteiger charge is 2.55. The summed E-state index contributed by atoms with van der Waals surface area (Å²) in [5.74, 6) is 2.57. The Morgan fingerprint density at radius 2 is 1.79 bits per heavy atom. The number of amides is 1. The van der Waals surface area contributed by atoms with Gasteiger partial charge in [0.15, 0.2) is 0 Å². The minimum atomic E-state index is -0.465. The van der Waals surface area contributed by atoms with E-state index in [4.69, 9.17) is 4.98 Å². The van der Waals surface area contributed by atoms with Crippen LogP contribution in [0.25, 0.3) is 0 Å². The molecule has 0 spiro atoms. The fraction of sp³-hybridized carbons (Fsp3) is 0.783. The number of nitrogens with one attached hydrogen (secondary N) is 2. The Balaban J connectivity index is 1.20. The Morgan fingerprint density at radius 3 is 2.45 bits per heavy atom. The molecule has 3 N–H and O–H groups in total. The Hall–Kier alpha value is -1.69. The molecular formula is C23H32N4O2. The first-order valence-corrected chi connectivity index (χ1v) is 11.7. The summed E-state index contributed by atoms with van der Waals surface area (Å²) in [5.41, 5.74) is 1.13. The Bertz CT molecular complexity index is 801. The Kier molecular flexibility index (Phi) is 4.16. The van der Waals surface area contributed by atoms with Gasteiger partial charge in [-0.3, -0.25) is 4.79 Å². The van der Waals surface area contributed by atoms with Crippen LogP contribution in [0.15, 0.2) is 6.20 Å². The first-order chi connectivity index (χ1) is 14.1. The minimum absolute atomic E-state index is 0.0104. The molecule has 0 radical (unpaired) electrons. The van der Waals surface area contributed by atoms with Crippen LogP contribution in [0.4, 0.5) is 5.95 Å². The van der Waals surface area contributed by atoms with Gasteiger partial charge in [0.05, 0.1) is 16.9 Å². The van der Waals surface area contributed by atoms with Gasteiger partial charge in [0.2, 0.25) is 5.95 Å². The SMILES string of the molecule is O=C(NC1C2CC3CC1CC(O)(C3)C2)c1cnc(NC2CCCC2)nc1C1CC1. The molecule has 6 aliphatic carbocycles. The molecule has 1 heterocycles. The summed E-state index contributed by atoms with van der Waals surface area (Å²) in [7, 11) is 0.